The van der Waals surface area contributed by atoms with Crippen molar-refractivity contribution in [2.24, 2.45) is 0 Å². The quantitative estimate of drug-likeness (QED) is 0.777. The van der Waals surface area contributed by atoms with Crippen LogP contribution in [0.3, 0.4) is 0 Å². The van der Waals surface area contributed by atoms with Crippen LogP contribution in [0.25, 0.3) is 0 Å². The van der Waals surface area contributed by atoms with Gasteiger partial charge in [0.1, 0.15) is 6.10 Å². The van der Waals surface area contributed by atoms with E-state index in [1.165, 1.54) is 5.56 Å². The lowest BCUT2D eigenvalue weighted by Crippen LogP contribution is -2.16. The minimum Gasteiger partial charge on any atom is -0.369 e. The Balaban J connectivity index is 3.16. The maximum absolute atomic E-state index is 12.0. The van der Waals surface area contributed by atoms with Crippen molar-refractivity contribution in [3.63, 3.8) is 0 Å². The maximum atomic E-state index is 12.0. The van der Waals surface area contributed by atoms with E-state index in [0.29, 0.717) is 6.42 Å². The molecule has 94 valence electrons. The first kappa shape index (κ1) is 13.9. The third-order valence-corrected chi connectivity index (χ3v) is 3.02. The average molecular weight is 234 g/mol. The number of hydrogen-bond acceptors (Lipinski definition) is 2. The molecule has 1 aromatic rings. The van der Waals surface area contributed by atoms with Gasteiger partial charge in [-0.2, -0.15) is 0 Å². The summed E-state index contributed by atoms with van der Waals surface area (Å²) in [7, 11) is 1.61. The highest BCUT2D eigenvalue weighted by Gasteiger charge is 2.22. The molecule has 0 aliphatic carbocycles. The zero-order valence-electron chi connectivity index (χ0n) is 11.5. The molecule has 0 saturated heterocycles. The summed E-state index contributed by atoms with van der Waals surface area (Å²) in [6.07, 6.45) is 1.03. The van der Waals surface area contributed by atoms with Crippen molar-refractivity contribution in [1.29, 1.82) is 0 Å². The topological polar surface area (TPSA) is 26.3 Å². The standard InChI is InChI=1S/C15H22O2/c1-6-7-13(16)15(17-5)14-11(3)8-10(2)9-12(14)4/h8-9,15H,6-7H2,1-5H3. The van der Waals surface area contributed by atoms with Gasteiger partial charge in [-0.15, -0.1) is 0 Å². The second-order valence-electron chi connectivity index (χ2n) is 4.64. The minimum absolute atomic E-state index is 0.171. The number of Topliss-reactive ketones (excluding diaryl/α,β-unsaturated/α-hetero) is 1. The second-order valence-corrected chi connectivity index (χ2v) is 4.64. The molecule has 0 bridgehead atoms. The molecule has 0 amide bonds. The fourth-order valence-corrected chi connectivity index (χ4v) is 2.39. The SMILES string of the molecule is CCCC(=O)C(OC)c1c(C)cc(C)cc1C. The summed E-state index contributed by atoms with van der Waals surface area (Å²) in [6, 6.07) is 4.21. The molecule has 0 saturated carbocycles. The van der Waals surface area contributed by atoms with Gasteiger partial charge in [-0.25, -0.2) is 0 Å². The predicted octanol–water partition coefficient (Wildman–Crippen LogP) is 3.67. The number of aryl methyl sites for hydroxylation is 3. The molecule has 0 spiro atoms. The number of rotatable bonds is 5. The summed E-state index contributed by atoms with van der Waals surface area (Å²) in [4.78, 5) is 12.0. The maximum Gasteiger partial charge on any atom is 0.166 e. The molecular weight excluding hydrogens is 212 g/mol. The summed E-state index contributed by atoms with van der Waals surface area (Å²) >= 11 is 0. The van der Waals surface area contributed by atoms with Crippen molar-refractivity contribution in [2.45, 2.75) is 46.6 Å². The van der Waals surface area contributed by atoms with Crippen LogP contribution in [0.4, 0.5) is 0 Å². The molecule has 1 unspecified atom stereocenters. The van der Waals surface area contributed by atoms with Crippen LogP contribution in [-0.4, -0.2) is 12.9 Å². The Labute approximate surface area is 104 Å². The van der Waals surface area contributed by atoms with Crippen molar-refractivity contribution < 1.29 is 9.53 Å². The van der Waals surface area contributed by atoms with Crippen LogP contribution in [0, 0.1) is 20.8 Å². The van der Waals surface area contributed by atoms with E-state index in [1.807, 2.05) is 20.8 Å². The zero-order valence-corrected chi connectivity index (χ0v) is 11.5. The molecule has 17 heavy (non-hydrogen) atoms. The summed E-state index contributed by atoms with van der Waals surface area (Å²) in [6.45, 7) is 8.17. The molecule has 0 aromatic heterocycles. The van der Waals surface area contributed by atoms with Gasteiger partial charge in [-0.05, 0) is 43.9 Å². The molecule has 0 aliphatic heterocycles. The third-order valence-electron chi connectivity index (χ3n) is 3.02. The highest BCUT2D eigenvalue weighted by molar-refractivity contribution is 5.85. The van der Waals surface area contributed by atoms with Crippen molar-refractivity contribution >= 4 is 5.78 Å². The number of carbonyl (C=O) groups is 1. The van der Waals surface area contributed by atoms with Crippen molar-refractivity contribution in [3.05, 3.63) is 34.4 Å². The Bertz CT molecular complexity index is 384. The average Bonchev–Trinajstić information content (AvgIpc) is 2.23. The third kappa shape index (κ3) is 3.16. The van der Waals surface area contributed by atoms with E-state index < -0.39 is 6.10 Å². The van der Waals surface area contributed by atoms with Crippen LogP contribution >= 0.6 is 0 Å². The molecular formula is C15H22O2. The molecule has 0 aliphatic rings. The van der Waals surface area contributed by atoms with Crippen molar-refractivity contribution in [2.75, 3.05) is 7.11 Å². The number of methoxy groups -OCH3 is 1. The second kappa shape index (κ2) is 5.97. The monoisotopic (exact) mass is 234 g/mol. The van der Waals surface area contributed by atoms with E-state index in [-0.39, 0.29) is 5.78 Å². The zero-order chi connectivity index (χ0) is 13.0. The van der Waals surface area contributed by atoms with Gasteiger partial charge in [0.25, 0.3) is 0 Å². The lowest BCUT2D eigenvalue weighted by Gasteiger charge is -2.19. The summed E-state index contributed by atoms with van der Waals surface area (Å²) < 4.78 is 5.40. The van der Waals surface area contributed by atoms with Gasteiger partial charge < -0.3 is 4.74 Å². The Morgan fingerprint density at radius 3 is 2.18 bits per heavy atom. The highest BCUT2D eigenvalue weighted by Crippen LogP contribution is 2.27. The molecule has 0 fully saturated rings. The van der Waals surface area contributed by atoms with E-state index in [9.17, 15) is 4.79 Å². The number of benzene rings is 1. The Morgan fingerprint density at radius 1 is 1.24 bits per heavy atom. The smallest absolute Gasteiger partial charge is 0.166 e. The summed E-state index contributed by atoms with van der Waals surface area (Å²) in [5.41, 5.74) is 4.54. The Kier molecular flexibility index (Phi) is 4.88. The lowest BCUT2D eigenvalue weighted by molar-refractivity contribution is -0.129. The molecule has 1 atom stereocenters. The minimum atomic E-state index is -0.407. The first-order valence-electron chi connectivity index (χ1n) is 6.14. The van der Waals surface area contributed by atoms with E-state index >= 15 is 0 Å². The fraction of sp³-hybridized carbons (Fsp3) is 0.533. The number of ether oxygens (including phenoxy) is 1. The van der Waals surface area contributed by atoms with Crippen LogP contribution in [-0.2, 0) is 9.53 Å². The van der Waals surface area contributed by atoms with E-state index in [0.717, 1.165) is 23.1 Å². The van der Waals surface area contributed by atoms with Gasteiger partial charge in [0.2, 0.25) is 0 Å². The van der Waals surface area contributed by atoms with Crippen LogP contribution in [0.1, 0.15) is 48.1 Å². The van der Waals surface area contributed by atoms with E-state index in [4.69, 9.17) is 4.74 Å². The predicted molar refractivity (Wildman–Crippen MR) is 70.3 cm³/mol. The molecule has 1 rings (SSSR count). The number of carbonyl (C=O) groups excluding carboxylic acids is 1. The lowest BCUT2D eigenvalue weighted by atomic mass is 9.92. The summed E-state index contributed by atoms with van der Waals surface area (Å²) in [5, 5.41) is 0. The Hall–Kier alpha value is -1.15. The molecule has 0 N–H and O–H groups in total. The van der Waals surface area contributed by atoms with Gasteiger partial charge in [0.15, 0.2) is 5.78 Å². The van der Waals surface area contributed by atoms with Crippen molar-refractivity contribution in [1.82, 2.24) is 0 Å². The molecule has 0 radical (unpaired) electrons. The number of hydrogen-bond donors (Lipinski definition) is 0. The van der Waals surface area contributed by atoms with E-state index in [1.54, 1.807) is 7.11 Å². The van der Waals surface area contributed by atoms with Gasteiger partial charge >= 0.3 is 0 Å². The first-order valence-corrected chi connectivity index (χ1v) is 6.14. The van der Waals surface area contributed by atoms with Gasteiger partial charge in [0, 0.05) is 13.5 Å². The van der Waals surface area contributed by atoms with Crippen LogP contribution in [0.2, 0.25) is 0 Å². The van der Waals surface area contributed by atoms with Crippen molar-refractivity contribution in [3.8, 4) is 0 Å². The van der Waals surface area contributed by atoms with Gasteiger partial charge in [-0.1, -0.05) is 24.6 Å². The fourth-order valence-electron chi connectivity index (χ4n) is 2.39. The van der Waals surface area contributed by atoms with Gasteiger partial charge in [0.05, 0.1) is 0 Å². The molecule has 1 aromatic carbocycles. The Morgan fingerprint density at radius 2 is 1.76 bits per heavy atom. The molecule has 2 heteroatoms. The van der Waals surface area contributed by atoms with Crippen LogP contribution < -0.4 is 0 Å². The largest absolute Gasteiger partial charge is 0.369 e. The molecule has 0 heterocycles. The number of ketones is 1. The highest BCUT2D eigenvalue weighted by atomic mass is 16.5. The van der Waals surface area contributed by atoms with Gasteiger partial charge in [-0.3, -0.25) is 4.79 Å². The van der Waals surface area contributed by atoms with Crippen LogP contribution in [0.5, 0.6) is 0 Å². The van der Waals surface area contributed by atoms with Crippen LogP contribution in [0.15, 0.2) is 12.1 Å². The normalized spacial score (nSPS) is 12.5. The van der Waals surface area contributed by atoms with E-state index in [2.05, 4.69) is 19.1 Å². The first-order chi connectivity index (χ1) is 8.01. The molecule has 2 nitrogen and oxygen atoms in total. The summed E-state index contributed by atoms with van der Waals surface area (Å²) in [5.74, 6) is 0.171.